The first-order valence-electron chi connectivity index (χ1n) is 5.39. The van der Waals surface area contributed by atoms with Crippen molar-refractivity contribution in [3.8, 4) is 0 Å². The lowest BCUT2D eigenvalue weighted by Crippen LogP contribution is -2.21. The molecule has 1 N–H and O–H groups in total. The summed E-state index contributed by atoms with van der Waals surface area (Å²) in [4.78, 5) is 0. The maximum absolute atomic E-state index is 13.0. The molecular weight excluding hydrogens is 259 g/mol. The molecule has 1 nitrogen and oxygen atoms in total. The van der Waals surface area contributed by atoms with Crippen LogP contribution in [0.1, 0.15) is 22.7 Å². The molecular formula is C13H12F3NS. The predicted octanol–water partition coefficient (Wildman–Crippen LogP) is 4.08. The van der Waals surface area contributed by atoms with Crippen LogP contribution in [0.2, 0.25) is 0 Å². The van der Waals surface area contributed by atoms with E-state index in [0.29, 0.717) is 0 Å². The Kier molecular flexibility index (Phi) is 3.73. The number of rotatable bonds is 3. The number of benzene rings is 1. The van der Waals surface area contributed by atoms with Gasteiger partial charge < -0.3 is 5.32 Å². The summed E-state index contributed by atoms with van der Waals surface area (Å²) in [6.07, 6.45) is -4.33. The lowest BCUT2D eigenvalue weighted by atomic mass is 9.96. The largest absolute Gasteiger partial charge is 0.416 e. The quantitative estimate of drug-likeness (QED) is 0.887. The number of alkyl halides is 3. The van der Waals surface area contributed by atoms with Crippen LogP contribution in [0.3, 0.4) is 0 Å². The third-order valence-electron chi connectivity index (χ3n) is 2.74. The normalized spacial score (nSPS) is 13.6. The molecule has 1 atom stereocenters. The minimum absolute atomic E-state index is 0.255. The van der Waals surface area contributed by atoms with Crippen molar-refractivity contribution in [1.82, 2.24) is 5.32 Å². The van der Waals surface area contributed by atoms with Crippen LogP contribution in [0.5, 0.6) is 0 Å². The van der Waals surface area contributed by atoms with Gasteiger partial charge in [0.15, 0.2) is 0 Å². The Labute approximate surface area is 107 Å². The van der Waals surface area contributed by atoms with Crippen molar-refractivity contribution in [2.45, 2.75) is 12.2 Å². The third-order valence-corrected chi connectivity index (χ3v) is 3.44. The number of nitrogens with one attached hydrogen (secondary N) is 1. The minimum Gasteiger partial charge on any atom is -0.309 e. The fraction of sp³-hybridized carbons (Fsp3) is 0.231. The summed E-state index contributed by atoms with van der Waals surface area (Å²) in [6.45, 7) is 0. The molecule has 18 heavy (non-hydrogen) atoms. The summed E-state index contributed by atoms with van der Waals surface area (Å²) < 4.78 is 38.9. The van der Waals surface area contributed by atoms with Crippen LogP contribution in [0.15, 0.2) is 41.1 Å². The van der Waals surface area contributed by atoms with Gasteiger partial charge in [-0.05, 0) is 41.1 Å². The van der Waals surface area contributed by atoms with Gasteiger partial charge in [0.2, 0.25) is 0 Å². The van der Waals surface area contributed by atoms with Gasteiger partial charge in [0.05, 0.1) is 11.6 Å². The van der Waals surface area contributed by atoms with E-state index in [4.69, 9.17) is 0 Å². The Morgan fingerprint density at radius 2 is 1.89 bits per heavy atom. The molecule has 0 radical (unpaired) electrons. The van der Waals surface area contributed by atoms with Gasteiger partial charge in [-0.1, -0.05) is 18.2 Å². The van der Waals surface area contributed by atoms with E-state index in [0.717, 1.165) is 11.6 Å². The first-order valence-corrected chi connectivity index (χ1v) is 6.34. The van der Waals surface area contributed by atoms with Crippen LogP contribution in [-0.2, 0) is 6.18 Å². The van der Waals surface area contributed by atoms with Gasteiger partial charge in [0, 0.05) is 0 Å². The highest BCUT2D eigenvalue weighted by atomic mass is 32.1. The van der Waals surface area contributed by atoms with E-state index in [9.17, 15) is 13.2 Å². The van der Waals surface area contributed by atoms with Crippen molar-refractivity contribution < 1.29 is 13.2 Å². The van der Waals surface area contributed by atoms with E-state index in [1.54, 1.807) is 13.1 Å². The molecule has 0 aliphatic heterocycles. The zero-order valence-corrected chi connectivity index (χ0v) is 10.5. The summed E-state index contributed by atoms with van der Waals surface area (Å²) in [5.74, 6) is 0. The van der Waals surface area contributed by atoms with Crippen LogP contribution >= 0.6 is 11.3 Å². The Morgan fingerprint density at radius 1 is 1.17 bits per heavy atom. The van der Waals surface area contributed by atoms with Gasteiger partial charge in [0.1, 0.15) is 0 Å². The van der Waals surface area contributed by atoms with Crippen molar-refractivity contribution in [3.05, 3.63) is 57.8 Å². The summed E-state index contributed by atoms with van der Waals surface area (Å²) >= 11 is 1.47. The molecule has 0 bridgehead atoms. The number of halogens is 3. The maximum Gasteiger partial charge on any atom is 0.416 e. The molecule has 2 rings (SSSR count). The van der Waals surface area contributed by atoms with E-state index in [1.807, 2.05) is 16.8 Å². The Morgan fingerprint density at radius 3 is 2.44 bits per heavy atom. The molecule has 0 aliphatic rings. The molecule has 96 valence electrons. The first-order chi connectivity index (χ1) is 8.54. The second-order valence-electron chi connectivity index (χ2n) is 3.86. The highest BCUT2D eigenvalue weighted by molar-refractivity contribution is 7.08. The smallest absolute Gasteiger partial charge is 0.309 e. The standard InChI is InChI=1S/C13H12F3NS/c1-17-12(9-6-7-18-8-9)10-4-2-3-5-11(10)13(14,15)16/h2-8,12,17H,1H3. The third kappa shape index (κ3) is 2.57. The maximum atomic E-state index is 13.0. The van der Waals surface area contributed by atoms with Crippen molar-refractivity contribution >= 4 is 11.3 Å². The fourth-order valence-electron chi connectivity index (χ4n) is 1.95. The molecule has 1 unspecified atom stereocenters. The first kappa shape index (κ1) is 13.1. The van der Waals surface area contributed by atoms with Crippen LogP contribution in [0.25, 0.3) is 0 Å². The predicted molar refractivity (Wildman–Crippen MR) is 66.7 cm³/mol. The lowest BCUT2D eigenvalue weighted by Gasteiger charge is -2.20. The van der Waals surface area contributed by atoms with Crippen LogP contribution < -0.4 is 5.32 Å². The van der Waals surface area contributed by atoms with Gasteiger partial charge >= 0.3 is 6.18 Å². The van der Waals surface area contributed by atoms with Crippen molar-refractivity contribution in [1.29, 1.82) is 0 Å². The molecule has 0 spiro atoms. The second-order valence-corrected chi connectivity index (χ2v) is 4.64. The SMILES string of the molecule is CNC(c1ccsc1)c1ccccc1C(F)(F)F. The van der Waals surface area contributed by atoms with Crippen molar-refractivity contribution in [2.75, 3.05) is 7.05 Å². The number of hydrogen-bond acceptors (Lipinski definition) is 2. The highest BCUT2D eigenvalue weighted by Crippen LogP contribution is 2.36. The summed E-state index contributed by atoms with van der Waals surface area (Å²) in [7, 11) is 1.66. The fourth-order valence-corrected chi connectivity index (χ4v) is 2.63. The highest BCUT2D eigenvalue weighted by Gasteiger charge is 2.34. The average Bonchev–Trinajstić information content (AvgIpc) is 2.83. The molecule has 1 aromatic heterocycles. The van der Waals surface area contributed by atoms with E-state index in [-0.39, 0.29) is 5.56 Å². The number of hydrogen-bond donors (Lipinski definition) is 1. The molecule has 0 amide bonds. The van der Waals surface area contributed by atoms with Crippen molar-refractivity contribution in [2.24, 2.45) is 0 Å². The lowest BCUT2D eigenvalue weighted by molar-refractivity contribution is -0.138. The van der Waals surface area contributed by atoms with E-state index < -0.39 is 17.8 Å². The van der Waals surface area contributed by atoms with E-state index in [2.05, 4.69) is 5.32 Å². The van der Waals surface area contributed by atoms with Crippen LogP contribution in [-0.4, -0.2) is 7.05 Å². The van der Waals surface area contributed by atoms with E-state index in [1.165, 1.54) is 23.5 Å². The van der Waals surface area contributed by atoms with Crippen LogP contribution in [0, 0.1) is 0 Å². The topological polar surface area (TPSA) is 12.0 Å². The van der Waals surface area contributed by atoms with Gasteiger partial charge in [-0.3, -0.25) is 0 Å². The molecule has 0 saturated carbocycles. The van der Waals surface area contributed by atoms with Gasteiger partial charge in [-0.25, -0.2) is 0 Å². The van der Waals surface area contributed by atoms with Gasteiger partial charge in [0.25, 0.3) is 0 Å². The Hall–Kier alpha value is -1.33. The molecule has 0 aliphatic carbocycles. The summed E-state index contributed by atoms with van der Waals surface area (Å²) in [5, 5.41) is 6.65. The monoisotopic (exact) mass is 271 g/mol. The molecule has 1 aromatic carbocycles. The zero-order chi connectivity index (χ0) is 13.2. The van der Waals surface area contributed by atoms with Gasteiger partial charge in [-0.15, -0.1) is 0 Å². The number of thiophene rings is 1. The van der Waals surface area contributed by atoms with E-state index >= 15 is 0 Å². The molecule has 5 heteroatoms. The van der Waals surface area contributed by atoms with Crippen molar-refractivity contribution in [3.63, 3.8) is 0 Å². The molecule has 2 aromatic rings. The Balaban J connectivity index is 2.50. The van der Waals surface area contributed by atoms with Crippen LogP contribution in [0.4, 0.5) is 13.2 Å². The second kappa shape index (κ2) is 5.12. The zero-order valence-electron chi connectivity index (χ0n) is 9.66. The summed E-state index contributed by atoms with van der Waals surface area (Å²) in [5.41, 5.74) is 0.514. The Bertz CT molecular complexity index is 505. The molecule has 0 saturated heterocycles. The molecule has 0 fully saturated rings. The molecule has 1 heterocycles. The van der Waals surface area contributed by atoms with Gasteiger partial charge in [-0.2, -0.15) is 24.5 Å². The minimum atomic E-state index is -4.33. The average molecular weight is 271 g/mol. The summed E-state index contributed by atoms with van der Waals surface area (Å²) in [6, 6.07) is 7.06.